The lowest BCUT2D eigenvalue weighted by Gasteiger charge is -2.13. The maximum absolute atomic E-state index is 13.1. The fraction of sp³-hybridized carbons (Fsp3) is 0.250. The van der Waals surface area contributed by atoms with Gasteiger partial charge in [-0.3, -0.25) is 0 Å². The molecule has 3 heteroatoms. The van der Waals surface area contributed by atoms with Gasteiger partial charge in [-0.2, -0.15) is 0 Å². The average Bonchev–Trinajstić information content (AvgIpc) is 2.38. The number of methoxy groups -OCH3 is 1. The van der Waals surface area contributed by atoms with Gasteiger partial charge in [-0.15, -0.1) is 0 Å². The molecule has 2 nitrogen and oxygen atoms in total. The van der Waals surface area contributed by atoms with Gasteiger partial charge in [-0.05, 0) is 29.7 Å². The Bertz CT molecular complexity index is 564. The number of benzene rings is 2. The van der Waals surface area contributed by atoms with Crippen LogP contribution in [0.4, 0.5) is 4.39 Å². The molecule has 0 bridgehead atoms. The monoisotopic (exact) mass is 260 g/mol. The molecule has 2 aromatic rings. The predicted octanol–water partition coefficient (Wildman–Crippen LogP) is 4.75. The van der Waals surface area contributed by atoms with Gasteiger partial charge in [0, 0.05) is 12.1 Å². The normalized spacial score (nSPS) is 10.6. The lowest BCUT2D eigenvalue weighted by Crippen LogP contribution is -1.95. The molecule has 0 aromatic heterocycles. The molecule has 0 heterocycles. The minimum Gasteiger partial charge on any atom is -0.496 e. The first-order chi connectivity index (χ1) is 9.10. The van der Waals surface area contributed by atoms with E-state index in [2.05, 4.69) is 13.8 Å². The van der Waals surface area contributed by atoms with Crippen molar-refractivity contribution < 1.29 is 13.9 Å². The van der Waals surface area contributed by atoms with E-state index in [1.165, 1.54) is 12.1 Å². The smallest absolute Gasteiger partial charge is 0.131 e. The van der Waals surface area contributed by atoms with Crippen LogP contribution >= 0.6 is 0 Å². The molecule has 0 aliphatic heterocycles. The molecule has 0 radical (unpaired) electrons. The van der Waals surface area contributed by atoms with Crippen molar-refractivity contribution in [2.24, 2.45) is 0 Å². The lowest BCUT2D eigenvalue weighted by molar-refractivity contribution is 0.402. The molecular formula is C16H17FO2. The Morgan fingerprint density at radius 3 is 2.37 bits per heavy atom. The van der Waals surface area contributed by atoms with Crippen LogP contribution in [-0.2, 0) is 0 Å². The van der Waals surface area contributed by atoms with Gasteiger partial charge in [-0.1, -0.05) is 26.0 Å². The first-order valence-corrected chi connectivity index (χ1v) is 6.21. The third-order valence-corrected chi connectivity index (χ3v) is 2.86. The van der Waals surface area contributed by atoms with Gasteiger partial charge in [0.2, 0.25) is 0 Å². The van der Waals surface area contributed by atoms with Crippen LogP contribution in [0.3, 0.4) is 0 Å². The van der Waals surface area contributed by atoms with Crippen molar-refractivity contribution >= 4 is 0 Å². The Morgan fingerprint density at radius 2 is 1.74 bits per heavy atom. The lowest BCUT2D eigenvalue weighted by atomic mass is 10.0. The predicted molar refractivity (Wildman–Crippen MR) is 73.6 cm³/mol. The van der Waals surface area contributed by atoms with E-state index in [0.29, 0.717) is 17.4 Å². The van der Waals surface area contributed by atoms with Crippen LogP contribution in [0.15, 0.2) is 42.5 Å². The summed E-state index contributed by atoms with van der Waals surface area (Å²) in [5, 5.41) is 0. The molecule has 2 aromatic carbocycles. The quantitative estimate of drug-likeness (QED) is 0.789. The maximum atomic E-state index is 13.1. The molecule has 19 heavy (non-hydrogen) atoms. The Balaban J connectivity index is 2.26. The minimum absolute atomic E-state index is 0.316. The summed E-state index contributed by atoms with van der Waals surface area (Å²) in [6, 6.07) is 11.7. The van der Waals surface area contributed by atoms with E-state index in [4.69, 9.17) is 9.47 Å². The van der Waals surface area contributed by atoms with Gasteiger partial charge in [0.1, 0.15) is 23.1 Å². The van der Waals surface area contributed by atoms with Crippen molar-refractivity contribution in [2.45, 2.75) is 19.8 Å². The molecule has 0 aliphatic carbocycles. The summed E-state index contributed by atoms with van der Waals surface area (Å²) >= 11 is 0. The molecule has 100 valence electrons. The van der Waals surface area contributed by atoms with Gasteiger partial charge >= 0.3 is 0 Å². The average molecular weight is 260 g/mol. The Kier molecular flexibility index (Phi) is 4.05. The van der Waals surface area contributed by atoms with Crippen molar-refractivity contribution in [2.75, 3.05) is 7.11 Å². The van der Waals surface area contributed by atoms with Crippen LogP contribution in [0.5, 0.6) is 17.2 Å². The van der Waals surface area contributed by atoms with Gasteiger partial charge in [0.15, 0.2) is 0 Å². The zero-order valence-corrected chi connectivity index (χ0v) is 11.3. The van der Waals surface area contributed by atoms with Crippen LogP contribution in [-0.4, -0.2) is 7.11 Å². The van der Waals surface area contributed by atoms with Crippen molar-refractivity contribution in [3.8, 4) is 17.2 Å². The molecule has 0 amide bonds. The van der Waals surface area contributed by atoms with Crippen LogP contribution in [0.25, 0.3) is 0 Å². The molecular weight excluding hydrogens is 243 g/mol. The molecule has 0 saturated carbocycles. The van der Waals surface area contributed by atoms with Gasteiger partial charge in [0.25, 0.3) is 0 Å². The highest BCUT2D eigenvalue weighted by atomic mass is 19.1. The standard InChI is InChI=1S/C16H17FO2/c1-11(2)15-8-7-14(10-16(15)18-3)19-13-6-4-5-12(17)9-13/h4-11H,1-3H3. The summed E-state index contributed by atoms with van der Waals surface area (Å²) in [5.41, 5.74) is 1.12. The summed E-state index contributed by atoms with van der Waals surface area (Å²) in [5.74, 6) is 1.94. The second-order valence-electron chi connectivity index (χ2n) is 4.62. The van der Waals surface area contributed by atoms with Crippen LogP contribution in [0.2, 0.25) is 0 Å². The molecule has 2 rings (SSSR count). The van der Waals surface area contributed by atoms with Gasteiger partial charge < -0.3 is 9.47 Å². The van der Waals surface area contributed by atoms with E-state index in [1.807, 2.05) is 18.2 Å². The maximum Gasteiger partial charge on any atom is 0.131 e. The fourth-order valence-corrected chi connectivity index (χ4v) is 1.90. The highest BCUT2D eigenvalue weighted by Gasteiger charge is 2.09. The third kappa shape index (κ3) is 3.25. The van der Waals surface area contributed by atoms with Gasteiger partial charge in [0.05, 0.1) is 7.11 Å². The number of ether oxygens (including phenoxy) is 2. The molecule has 0 saturated heterocycles. The van der Waals surface area contributed by atoms with Crippen molar-refractivity contribution in [1.29, 1.82) is 0 Å². The Hall–Kier alpha value is -2.03. The van der Waals surface area contributed by atoms with Crippen molar-refractivity contribution in [3.63, 3.8) is 0 Å². The second kappa shape index (κ2) is 5.74. The van der Waals surface area contributed by atoms with E-state index < -0.39 is 0 Å². The number of halogens is 1. The second-order valence-corrected chi connectivity index (χ2v) is 4.62. The number of rotatable bonds is 4. The Labute approximate surface area is 112 Å². The zero-order valence-electron chi connectivity index (χ0n) is 11.3. The van der Waals surface area contributed by atoms with Crippen LogP contribution in [0.1, 0.15) is 25.3 Å². The zero-order chi connectivity index (χ0) is 13.8. The summed E-state index contributed by atoms with van der Waals surface area (Å²) in [7, 11) is 1.63. The third-order valence-electron chi connectivity index (χ3n) is 2.86. The molecule has 0 fully saturated rings. The summed E-state index contributed by atoms with van der Waals surface area (Å²) in [4.78, 5) is 0. The molecule has 0 atom stereocenters. The highest BCUT2D eigenvalue weighted by Crippen LogP contribution is 2.32. The van der Waals surface area contributed by atoms with Crippen molar-refractivity contribution in [1.82, 2.24) is 0 Å². The summed E-state index contributed by atoms with van der Waals surface area (Å²) < 4.78 is 24.1. The Morgan fingerprint density at radius 1 is 1.00 bits per heavy atom. The first kappa shape index (κ1) is 13.4. The minimum atomic E-state index is -0.316. The van der Waals surface area contributed by atoms with E-state index in [-0.39, 0.29) is 5.82 Å². The van der Waals surface area contributed by atoms with Gasteiger partial charge in [-0.25, -0.2) is 4.39 Å². The molecule has 0 N–H and O–H groups in total. The van der Waals surface area contributed by atoms with Crippen LogP contribution < -0.4 is 9.47 Å². The van der Waals surface area contributed by atoms with E-state index in [1.54, 1.807) is 19.2 Å². The fourth-order valence-electron chi connectivity index (χ4n) is 1.90. The first-order valence-electron chi connectivity index (χ1n) is 6.21. The largest absolute Gasteiger partial charge is 0.496 e. The van der Waals surface area contributed by atoms with Crippen molar-refractivity contribution in [3.05, 3.63) is 53.8 Å². The number of hydrogen-bond donors (Lipinski definition) is 0. The van der Waals surface area contributed by atoms with Crippen LogP contribution in [0, 0.1) is 5.82 Å². The summed E-state index contributed by atoms with van der Waals surface area (Å²) in [6.45, 7) is 4.20. The topological polar surface area (TPSA) is 18.5 Å². The highest BCUT2D eigenvalue weighted by molar-refractivity contribution is 5.44. The van der Waals surface area contributed by atoms with E-state index in [9.17, 15) is 4.39 Å². The SMILES string of the molecule is COc1cc(Oc2cccc(F)c2)ccc1C(C)C. The molecule has 0 unspecified atom stereocenters. The van der Waals surface area contributed by atoms with E-state index >= 15 is 0 Å². The number of hydrogen-bond acceptors (Lipinski definition) is 2. The summed E-state index contributed by atoms with van der Waals surface area (Å²) in [6.07, 6.45) is 0. The van der Waals surface area contributed by atoms with E-state index in [0.717, 1.165) is 11.3 Å². The molecule has 0 spiro atoms. The molecule has 0 aliphatic rings.